The number of fused-ring (bicyclic) bond motifs is 1. The summed E-state index contributed by atoms with van der Waals surface area (Å²) >= 11 is 1.71. The second-order valence-corrected chi connectivity index (χ2v) is 5.90. The van der Waals surface area contributed by atoms with Gasteiger partial charge in [0.15, 0.2) is 0 Å². The van der Waals surface area contributed by atoms with Gasteiger partial charge in [-0.2, -0.15) is 0 Å². The number of anilines is 1. The summed E-state index contributed by atoms with van der Waals surface area (Å²) in [6.45, 7) is 2.00. The van der Waals surface area contributed by atoms with Crippen molar-refractivity contribution >= 4 is 17.7 Å². The van der Waals surface area contributed by atoms with Crippen LogP contribution in [0.25, 0.3) is 0 Å². The molecule has 1 aromatic heterocycles. The van der Waals surface area contributed by atoms with E-state index in [0.717, 1.165) is 10.7 Å². The Kier molecular flexibility index (Phi) is 3.42. The molecule has 0 aliphatic heterocycles. The van der Waals surface area contributed by atoms with Crippen molar-refractivity contribution in [3.8, 4) is 0 Å². The second kappa shape index (κ2) is 5.21. The number of nitrogens with one attached hydrogen (secondary N) is 1. The molecule has 1 aliphatic carbocycles. The van der Waals surface area contributed by atoms with Crippen molar-refractivity contribution in [2.75, 3.05) is 12.4 Å². The lowest BCUT2D eigenvalue weighted by Gasteiger charge is -2.06. The molecule has 3 rings (SSSR count). The molecule has 4 heteroatoms. The number of rotatable bonds is 3. The molecule has 0 unspecified atom stereocenters. The van der Waals surface area contributed by atoms with Gasteiger partial charge in [0.2, 0.25) is 5.95 Å². The zero-order valence-electron chi connectivity index (χ0n) is 11.2. The highest BCUT2D eigenvalue weighted by atomic mass is 32.2. The molecule has 98 valence electrons. The molecule has 19 heavy (non-hydrogen) atoms. The third kappa shape index (κ3) is 2.73. The monoisotopic (exact) mass is 271 g/mol. The minimum absolute atomic E-state index is 0.684. The van der Waals surface area contributed by atoms with Crippen molar-refractivity contribution in [2.45, 2.75) is 36.1 Å². The minimum atomic E-state index is 0.684. The van der Waals surface area contributed by atoms with E-state index in [2.05, 4.69) is 33.5 Å². The Balaban J connectivity index is 1.86. The maximum absolute atomic E-state index is 4.48. The topological polar surface area (TPSA) is 37.8 Å². The van der Waals surface area contributed by atoms with Crippen LogP contribution >= 0.6 is 11.8 Å². The van der Waals surface area contributed by atoms with E-state index in [1.165, 1.54) is 35.3 Å². The molecule has 3 nitrogen and oxygen atoms in total. The van der Waals surface area contributed by atoms with E-state index in [1.54, 1.807) is 11.8 Å². The molecule has 2 aromatic rings. The quantitative estimate of drug-likeness (QED) is 0.867. The van der Waals surface area contributed by atoms with Crippen LogP contribution in [0, 0.1) is 6.92 Å². The van der Waals surface area contributed by atoms with Crippen LogP contribution in [0.1, 0.15) is 23.2 Å². The summed E-state index contributed by atoms with van der Waals surface area (Å²) in [4.78, 5) is 10.1. The van der Waals surface area contributed by atoms with Crippen molar-refractivity contribution in [3.05, 3.63) is 41.1 Å². The maximum atomic E-state index is 4.48. The van der Waals surface area contributed by atoms with Gasteiger partial charge in [0.25, 0.3) is 0 Å². The van der Waals surface area contributed by atoms with Gasteiger partial charge < -0.3 is 5.32 Å². The molecule has 1 N–H and O–H groups in total. The van der Waals surface area contributed by atoms with Crippen molar-refractivity contribution in [1.29, 1.82) is 0 Å². The van der Waals surface area contributed by atoms with Gasteiger partial charge in [-0.05, 0) is 55.5 Å². The number of hydrogen-bond donors (Lipinski definition) is 1. The Bertz CT molecular complexity index is 610. The van der Waals surface area contributed by atoms with E-state index >= 15 is 0 Å². The van der Waals surface area contributed by atoms with Crippen LogP contribution in [0.15, 0.2) is 34.2 Å². The molecule has 0 radical (unpaired) electrons. The van der Waals surface area contributed by atoms with Gasteiger partial charge in [0.1, 0.15) is 5.03 Å². The smallest absolute Gasteiger partial charge is 0.223 e. The molecule has 0 fully saturated rings. The van der Waals surface area contributed by atoms with Gasteiger partial charge >= 0.3 is 0 Å². The van der Waals surface area contributed by atoms with Crippen LogP contribution < -0.4 is 5.32 Å². The summed E-state index contributed by atoms with van der Waals surface area (Å²) in [5.41, 5.74) is 4.01. The van der Waals surface area contributed by atoms with Gasteiger partial charge in [0.05, 0.1) is 0 Å². The van der Waals surface area contributed by atoms with Crippen LogP contribution in [0.3, 0.4) is 0 Å². The fraction of sp³-hybridized carbons (Fsp3) is 0.333. The zero-order valence-corrected chi connectivity index (χ0v) is 12.0. The van der Waals surface area contributed by atoms with E-state index in [9.17, 15) is 0 Å². The summed E-state index contributed by atoms with van der Waals surface area (Å²) < 4.78 is 0. The average molecular weight is 271 g/mol. The Morgan fingerprint density at radius 3 is 2.79 bits per heavy atom. The minimum Gasteiger partial charge on any atom is -0.357 e. The largest absolute Gasteiger partial charge is 0.357 e. The van der Waals surface area contributed by atoms with Crippen molar-refractivity contribution in [1.82, 2.24) is 9.97 Å². The molecule has 1 aliphatic rings. The van der Waals surface area contributed by atoms with Gasteiger partial charge in [-0.25, -0.2) is 9.97 Å². The number of hydrogen-bond acceptors (Lipinski definition) is 4. The third-order valence-electron chi connectivity index (χ3n) is 3.35. The van der Waals surface area contributed by atoms with E-state index in [1.807, 2.05) is 20.0 Å². The summed E-state index contributed by atoms with van der Waals surface area (Å²) in [5.74, 6) is 0.684. The lowest BCUT2D eigenvalue weighted by atomic mass is 10.1. The average Bonchev–Trinajstić information content (AvgIpc) is 2.85. The van der Waals surface area contributed by atoms with Gasteiger partial charge in [-0.15, -0.1) is 0 Å². The first kappa shape index (κ1) is 12.5. The number of nitrogens with zero attached hydrogens (tertiary/aromatic N) is 2. The summed E-state index contributed by atoms with van der Waals surface area (Å²) in [5, 5.41) is 4.00. The number of aryl methyl sites for hydroxylation is 3. The second-order valence-electron chi connectivity index (χ2n) is 4.81. The summed E-state index contributed by atoms with van der Waals surface area (Å²) in [7, 11) is 1.85. The van der Waals surface area contributed by atoms with E-state index in [4.69, 9.17) is 0 Å². The zero-order chi connectivity index (χ0) is 13.2. The molecule has 0 saturated carbocycles. The standard InChI is InChI=1S/C15H17N3S/c1-10-8-14(18-15(16-2)17-10)19-13-7-6-11-4-3-5-12(11)9-13/h6-9H,3-5H2,1-2H3,(H,16,17,18). The predicted molar refractivity (Wildman–Crippen MR) is 78.9 cm³/mol. The van der Waals surface area contributed by atoms with Crippen molar-refractivity contribution in [2.24, 2.45) is 0 Å². The van der Waals surface area contributed by atoms with Crippen LogP contribution in [0.5, 0.6) is 0 Å². The van der Waals surface area contributed by atoms with Crippen LogP contribution in [0.4, 0.5) is 5.95 Å². The molecule has 0 spiro atoms. The molecular weight excluding hydrogens is 254 g/mol. The molecule has 1 heterocycles. The SMILES string of the molecule is CNc1nc(C)cc(Sc2ccc3c(c2)CCC3)n1. The first-order valence-electron chi connectivity index (χ1n) is 6.58. The Labute approximate surface area is 117 Å². The summed E-state index contributed by atoms with van der Waals surface area (Å²) in [6, 6.07) is 8.80. The van der Waals surface area contributed by atoms with Crippen LogP contribution in [-0.4, -0.2) is 17.0 Å². The van der Waals surface area contributed by atoms with E-state index in [-0.39, 0.29) is 0 Å². The normalized spacial score (nSPS) is 13.4. The predicted octanol–water partition coefficient (Wildman–Crippen LogP) is 3.47. The molecule has 0 atom stereocenters. The highest BCUT2D eigenvalue weighted by Gasteiger charge is 2.11. The number of aromatic nitrogens is 2. The highest BCUT2D eigenvalue weighted by molar-refractivity contribution is 7.99. The molecule has 0 saturated heterocycles. The third-order valence-corrected chi connectivity index (χ3v) is 4.25. The molecule has 1 aromatic carbocycles. The van der Waals surface area contributed by atoms with E-state index < -0.39 is 0 Å². The molecular formula is C15H17N3S. The van der Waals surface area contributed by atoms with Crippen molar-refractivity contribution in [3.63, 3.8) is 0 Å². The first-order valence-corrected chi connectivity index (χ1v) is 7.39. The maximum Gasteiger partial charge on any atom is 0.223 e. The summed E-state index contributed by atoms with van der Waals surface area (Å²) in [6.07, 6.45) is 3.74. The number of benzene rings is 1. The van der Waals surface area contributed by atoms with E-state index in [0.29, 0.717) is 5.95 Å². The first-order chi connectivity index (χ1) is 9.24. The van der Waals surface area contributed by atoms with Crippen LogP contribution in [0.2, 0.25) is 0 Å². The lowest BCUT2D eigenvalue weighted by molar-refractivity contribution is 0.911. The van der Waals surface area contributed by atoms with Crippen molar-refractivity contribution < 1.29 is 0 Å². The Hall–Kier alpha value is -1.55. The fourth-order valence-electron chi connectivity index (χ4n) is 2.44. The van der Waals surface area contributed by atoms with Crippen LogP contribution in [-0.2, 0) is 12.8 Å². The molecule has 0 bridgehead atoms. The fourth-order valence-corrected chi connectivity index (χ4v) is 3.38. The Morgan fingerprint density at radius 2 is 1.95 bits per heavy atom. The Morgan fingerprint density at radius 1 is 1.11 bits per heavy atom. The van der Waals surface area contributed by atoms with Gasteiger partial charge in [-0.3, -0.25) is 0 Å². The lowest BCUT2D eigenvalue weighted by Crippen LogP contribution is -1.98. The highest BCUT2D eigenvalue weighted by Crippen LogP contribution is 2.31. The van der Waals surface area contributed by atoms with Gasteiger partial charge in [0, 0.05) is 17.6 Å². The molecule has 0 amide bonds. The van der Waals surface area contributed by atoms with Gasteiger partial charge in [-0.1, -0.05) is 17.8 Å².